The monoisotopic (exact) mass is 655 g/mol. The Labute approximate surface area is 257 Å². The predicted octanol–water partition coefficient (Wildman–Crippen LogP) is -0.190. The van der Waals surface area contributed by atoms with Crippen LogP contribution in [0.1, 0.15) is 33.0 Å². The zero-order chi connectivity index (χ0) is 31.3. The van der Waals surface area contributed by atoms with Crippen molar-refractivity contribution in [3.05, 3.63) is 17.1 Å². The molecule has 43 heavy (non-hydrogen) atoms. The summed E-state index contributed by atoms with van der Waals surface area (Å²) in [6, 6.07) is -1.02. The Morgan fingerprint density at radius 2 is 2.07 bits per heavy atom. The van der Waals surface area contributed by atoms with Gasteiger partial charge in [-0.3, -0.25) is 14.5 Å². The zero-order valence-corrected chi connectivity index (χ0v) is 25.9. The summed E-state index contributed by atoms with van der Waals surface area (Å²) < 4.78 is 10.6. The van der Waals surface area contributed by atoms with Gasteiger partial charge < -0.3 is 31.0 Å². The minimum Gasteiger partial charge on any atom is -0.477 e. The Bertz CT molecular complexity index is 1450. The van der Waals surface area contributed by atoms with Crippen molar-refractivity contribution in [2.75, 3.05) is 30.4 Å². The van der Waals surface area contributed by atoms with E-state index in [0.29, 0.717) is 22.9 Å². The van der Waals surface area contributed by atoms with Crippen molar-refractivity contribution in [3.63, 3.8) is 0 Å². The molecule has 2 aliphatic rings. The number of carboxylic acids is 1. The molecule has 2 aromatic rings. The second-order valence-electron chi connectivity index (χ2n) is 10.0. The van der Waals surface area contributed by atoms with E-state index in [0.717, 1.165) is 16.4 Å². The molecule has 1 unspecified atom stereocenters. The SMILES string of the molecule is Cn1nnnc1SCC1=C(C(=O)O)N2C(=O)C(NC(=O)/C(=N/OCCCNC(=O)OC(C)(C)C)c3nsc(N)n3)[C@H]2SC1. The van der Waals surface area contributed by atoms with E-state index in [9.17, 15) is 24.3 Å². The number of nitrogens with one attached hydrogen (secondary N) is 2. The Balaban J connectivity index is 1.38. The summed E-state index contributed by atoms with van der Waals surface area (Å²) >= 11 is 3.40. The van der Waals surface area contributed by atoms with Crippen molar-refractivity contribution in [2.24, 2.45) is 12.2 Å². The Morgan fingerprint density at radius 1 is 1.30 bits per heavy atom. The third-order valence-corrected chi connectivity index (χ3v) is 8.58. The molecule has 5 N–H and O–H groups in total. The van der Waals surface area contributed by atoms with Gasteiger partial charge in [0.15, 0.2) is 5.13 Å². The van der Waals surface area contributed by atoms with Gasteiger partial charge in [-0.2, -0.15) is 9.36 Å². The number of thioether (sulfide) groups is 2. The molecular weight excluding hydrogens is 627 g/mol. The number of nitrogens with zero attached hydrogens (tertiary/aromatic N) is 8. The predicted molar refractivity (Wildman–Crippen MR) is 155 cm³/mol. The molecule has 0 aromatic carbocycles. The number of anilines is 1. The number of carboxylic acid groups (broad SMARTS) is 1. The maximum Gasteiger partial charge on any atom is 0.407 e. The highest BCUT2D eigenvalue weighted by Gasteiger charge is 2.54. The van der Waals surface area contributed by atoms with E-state index >= 15 is 0 Å². The van der Waals surface area contributed by atoms with Crippen LogP contribution in [-0.4, -0.2) is 111 Å². The number of fused-ring (bicyclic) bond motifs is 1. The third kappa shape index (κ3) is 7.90. The number of aliphatic carboxylic acids is 1. The van der Waals surface area contributed by atoms with Crippen LogP contribution < -0.4 is 16.4 Å². The Hall–Kier alpha value is -3.98. The lowest BCUT2D eigenvalue weighted by Crippen LogP contribution is -2.71. The summed E-state index contributed by atoms with van der Waals surface area (Å²) in [4.78, 5) is 60.6. The molecule has 3 amide bonds. The molecular formula is C22H29N11O7S3. The van der Waals surface area contributed by atoms with E-state index in [1.54, 1.807) is 27.8 Å². The zero-order valence-electron chi connectivity index (χ0n) is 23.5. The lowest BCUT2D eigenvalue weighted by Gasteiger charge is -2.49. The first-order valence-corrected chi connectivity index (χ1v) is 15.5. The van der Waals surface area contributed by atoms with Crippen LogP contribution in [0.15, 0.2) is 21.6 Å². The number of amides is 3. The number of hydrogen-bond donors (Lipinski definition) is 4. The van der Waals surface area contributed by atoms with Crippen molar-refractivity contribution >= 4 is 69.8 Å². The fourth-order valence-electron chi connectivity index (χ4n) is 3.77. The number of aromatic nitrogens is 6. The smallest absolute Gasteiger partial charge is 0.407 e. The Kier molecular flexibility index (Phi) is 10.1. The molecule has 4 rings (SSSR count). The number of hydrogen-bond acceptors (Lipinski definition) is 16. The number of β-lactam (4-membered cyclic amide) rings is 1. The average molecular weight is 656 g/mol. The molecule has 21 heteroatoms. The van der Waals surface area contributed by atoms with Crippen molar-refractivity contribution < 1.29 is 33.9 Å². The van der Waals surface area contributed by atoms with Gasteiger partial charge in [0, 0.05) is 43.1 Å². The summed E-state index contributed by atoms with van der Waals surface area (Å²) in [5.41, 5.74) is 5.13. The summed E-state index contributed by atoms with van der Waals surface area (Å²) in [6.07, 6.45) is -0.232. The highest BCUT2D eigenvalue weighted by Crippen LogP contribution is 2.41. The highest BCUT2D eigenvalue weighted by atomic mass is 32.2. The highest BCUT2D eigenvalue weighted by molar-refractivity contribution is 8.01. The molecule has 0 bridgehead atoms. The number of carbonyl (C=O) groups is 4. The fraction of sp³-hybridized carbons (Fsp3) is 0.545. The number of nitrogen functional groups attached to an aromatic ring is 1. The van der Waals surface area contributed by atoms with Gasteiger partial charge in [0.2, 0.25) is 16.7 Å². The summed E-state index contributed by atoms with van der Waals surface area (Å²) in [6.45, 7) is 5.50. The minimum atomic E-state index is -1.26. The van der Waals surface area contributed by atoms with Crippen LogP contribution in [0.4, 0.5) is 9.93 Å². The van der Waals surface area contributed by atoms with Crippen molar-refractivity contribution in [1.29, 1.82) is 0 Å². The van der Waals surface area contributed by atoms with Gasteiger partial charge in [0.1, 0.15) is 29.3 Å². The van der Waals surface area contributed by atoms with Gasteiger partial charge in [-0.15, -0.1) is 16.9 Å². The van der Waals surface area contributed by atoms with Crippen LogP contribution >= 0.6 is 35.1 Å². The quantitative estimate of drug-likeness (QED) is 0.0761. The maximum absolute atomic E-state index is 13.2. The number of ether oxygens (including phenoxy) is 1. The fourth-order valence-corrected chi connectivity index (χ4v) is 6.54. The van der Waals surface area contributed by atoms with Crippen LogP contribution in [0.3, 0.4) is 0 Å². The first kappa shape index (κ1) is 31.9. The summed E-state index contributed by atoms with van der Waals surface area (Å²) in [7, 11) is 1.66. The third-order valence-electron chi connectivity index (χ3n) is 5.60. The number of aryl methyl sites for hydroxylation is 1. The number of carbonyl (C=O) groups excluding carboxylic acids is 3. The van der Waals surface area contributed by atoms with Crippen molar-refractivity contribution in [1.82, 2.24) is 45.1 Å². The minimum absolute atomic E-state index is 0.0266. The molecule has 232 valence electrons. The Morgan fingerprint density at radius 3 is 2.70 bits per heavy atom. The van der Waals surface area contributed by atoms with Crippen LogP contribution in [0.25, 0.3) is 0 Å². The molecule has 1 fully saturated rings. The molecule has 0 radical (unpaired) electrons. The number of alkyl carbamates (subject to hydrolysis) is 1. The molecule has 4 heterocycles. The first-order valence-electron chi connectivity index (χ1n) is 12.7. The molecule has 18 nitrogen and oxygen atoms in total. The molecule has 2 atom stereocenters. The van der Waals surface area contributed by atoms with Crippen LogP contribution in [0.2, 0.25) is 0 Å². The van der Waals surface area contributed by atoms with E-state index in [-0.39, 0.29) is 41.3 Å². The van der Waals surface area contributed by atoms with Crippen molar-refractivity contribution in [2.45, 2.75) is 49.4 Å². The second-order valence-corrected chi connectivity index (χ2v) is 12.8. The second kappa shape index (κ2) is 13.5. The molecule has 0 saturated carbocycles. The number of oxime groups is 1. The van der Waals surface area contributed by atoms with E-state index in [4.69, 9.17) is 15.3 Å². The van der Waals surface area contributed by atoms with E-state index in [1.165, 1.54) is 28.2 Å². The molecule has 0 spiro atoms. The van der Waals surface area contributed by atoms with Gasteiger partial charge in [-0.1, -0.05) is 16.9 Å². The standard InChI is InChI=1S/C22H29N11O7S3/c1-22(2,3)40-21(38)24-6-5-7-39-28-11(14-26-19(23)43-29-14)15(34)25-12-16(35)33-13(18(36)37)10(8-41-17(12)33)9-42-20-27-30-31-32(20)4/h12,17H,5-9H2,1-4H3,(H,24,38)(H,25,34)(H,36,37)(H2,23,26,29)/b28-11+/t12?,17-/m1/s1. The molecule has 0 aliphatic carbocycles. The molecule has 1 saturated heterocycles. The number of rotatable bonds is 12. The van der Waals surface area contributed by atoms with E-state index < -0.39 is 40.9 Å². The molecule has 2 aromatic heterocycles. The summed E-state index contributed by atoms with van der Waals surface area (Å²) in [5, 5.41) is 30.1. The van der Waals surface area contributed by atoms with Gasteiger partial charge in [-0.25, -0.2) is 14.3 Å². The largest absolute Gasteiger partial charge is 0.477 e. The topological polar surface area (TPSA) is 242 Å². The number of nitrogens with two attached hydrogens (primary N) is 1. The lowest BCUT2D eigenvalue weighted by molar-refractivity contribution is -0.150. The van der Waals surface area contributed by atoms with Crippen molar-refractivity contribution in [3.8, 4) is 0 Å². The normalized spacial score (nSPS) is 18.6. The van der Waals surface area contributed by atoms with E-state index in [1.807, 2.05) is 0 Å². The summed E-state index contributed by atoms with van der Waals surface area (Å²) in [5.74, 6) is -2.18. The van der Waals surface area contributed by atoms with Gasteiger partial charge in [0.25, 0.3) is 11.8 Å². The number of tetrazole rings is 1. The first-order chi connectivity index (χ1) is 20.4. The van der Waals surface area contributed by atoms with Crippen LogP contribution in [0.5, 0.6) is 0 Å². The maximum atomic E-state index is 13.2. The van der Waals surface area contributed by atoms with Gasteiger partial charge in [0.05, 0.1) is 0 Å². The lowest BCUT2D eigenvalue weighted by atomic mass is 10.0. The van der Waals surface area contributed by atoms with Crippen LogP contribution in [-0.2, 0) is 31.0 Å². The van der Waals surface area contributed by atoms with E-state index in [2.05, 4.69) is 40.7 Å². The van der Waals surface area contributed by atoms with Gasteiger partial charge >= 0.3 is 12.1 Å². The van der Waals surface area contributed by atoms with Crippen LogP contribution in [0, 0.1) is 0 Å². The van der Waals surface area contributed by atoms with Gasteiger partial charge in [-0.05, 0) is 36.8 Å². The average Bonchev–Trinajstić information content (AvgIpc) is 3.55. The molecule has 2 aliphatic heterocycles.